The standard InChI is InChI=1S/C13H18ClF/c1-3-4-10(2)13(9-14)11-5-7-12(15)8-6-11/h5-8,10,13H,3-4,9H2,1-2H3. The molecule has 0 N–H and O–H groups in total. The van der Waals surface area contributed by atoms with E-state index in [1.165, 1.54) is 12.1 Å². The van der Waals surface area contributed by atoms with Gasteiger partial charge in [-0.1, -0.05) is 38.8 Å². The molecule has 2 heteroatoms. The van der Waals surface area contributed by atoms with E-state index in [1.54, 1.807) is 0 Å². The van der Waals surface area contributed by atoms with Gasteiger partial charge in [-0.15, -0.1) is 11.6 Å². The Morgan fingerprint density at radius 1 is 1.27 bits per heavy atom. The van der Waals surface area contributed by atoms with Crippen molar-refractivity contribution in [2.24, 2.45) is 5.92 Å². The van der Waals surface area contributed by atoms with Gasteiger partial charge in [0.2, 0.25) is 0 Å². The van der Waals surface area contributed by atoms with Crippen LogP contribution in [0.15, 0.2) is 24.3 Å². The first-order valence-corrected chi connectivity index (χ1v) is 6.04. The average molecular weight is 229 g/mol. The summed E-state index contributed by atoms with van der Waals surface area (Å²) in [6.07, 6.45) is 2.32. The summed E-state index contributed by atoms with van der Waals surface area (Å²) in [6, 6.07) is 6.70. The van der Waals surface area contributed by atoms with E-state index < -0.39 is 0 Å². The molecule has 0 aliphatic heterocycles. The van der Waals surface area contributed by atoms with Crippen LogP contribution in [0.25, 0.3) is 0 Å². The fraction of sp³-hybridized carbons (Fsp3) is 0.538. The molecule has 0 nitrogen and oxygen atoms in total. The Morgan fingerprint density at radius 3 is 2.33 bits per heavy atom. The normalized spacial score (nSPS) is 14.9. The molecule has 1 aromatic rings. The fourth-order valence-electron chi connectivity index (χ4n) is 1.94. The Hall–Kier alpha value is -0.560. The van der Waals surface area contributed by atoms with E-state index in [0.717, 1.165) is 18.4 Å². The van der Waals surface area contributed by atoms with E-state index in [4.69, 9.17) is 11.6 Å². The SMILES string of the molecule is CCCC(C)C(CCl)c1ccc(F)cc1. The predicted molar refractivity (Wildman–Crippen MR) is 63.9 cm³/mol. The minimum Gasteiger partial charge on any atom is -0.207 e. The lowest BCUT2D eigenvalue weighted by Gasteiger charge is -2.21. The third-order valence-corrected chi connectivity index (χ3v) is 3.23. The highest BCUT2D eigenvalue weighted by Gasteiger charge is 2.17. The van der Waals surface area contributed by atoms with Crippen molar-refractivity contribution in [3.63, 3.8) is 0 Å². The first-order valence-electron chi connectivity index (χ1n) is 5.50. The molecule has 1 aromatic carbocycles. The molecule has 0 radical (unpaired) electrons. The van der Waals surface area contributed by atoms with Crippen molar-refractivity contribution in [1.29, 1.82) is 0 Å². The molecule has 0 bridgehead atoms. The second-order valence-electron chi connectivity index (χ2n) is 4.08. The van der Waals surface area contributed by atoms with Crippen molar-refractivity contribution in [2.75, 3.05) is 5.88 Å². The quantitative estimate of drug-likeness (QED) is 0.647. The van der Waals surface area contributed by atoms with E-state index in [0.29, 0.717) is 17.7 Å². The Bertz CT molecular complexity index is 281. The van der Waals surface area contributed by atoms with Crippen molar-refractivity contribution in [3.8, 4) is 0 Å². The Labute approximate surface area is 96.5 Å². The molecule has 2 unspecified atom stereocenters. The number of hydrogen-bond donors (Lipinski definition) is 0. The molecule has 0 aliphatic carbocycles. The molecule has 0 aromatic heterocycles. The molecular formula is C13H18ClF. The summed E-state index contributed by atoms with van der Waals surface area (Å²) in [6.45, 7) is 4.38. The van der Waals surface area contributed by atoms with Crippen LogP contribution in [0.3, 0.4) is 0 Å². The molecular weight excluding hydrogens is 211 g/mol. The van der Waals surface area contributed by atoms with Gasteiger partial charge in [0.05, 0.1) is 0 Å². The van der Waals surface area contributed by atoms with Crippen LogP contribution in [0, 0.1) is 11.7 Å². The highest BCUT2D eigenvalue weighted by Crippen LogP contribution is 2.29. The molecule has 0 aliphatic rings. The van der Waals surface area contributed by atoms with Crippen LogP contribution in [-0.4, -0.2) is 5.88 Å². The summed E-state index contributed by atoms with van der Waals surface area (Å²) in [5, 5.41) is 0. The second kappa shape index (κ2) is 6.12. The zero-order chi connectivity index (χ0) is 11.3. The summed E-state index contributed by atoms with van der Waals surface area (Å²) in [7, 11) is 0. The van der Waals surface area contributed by atoms with Gasteiger partial charge in [0.15, 0.2) is 0 Å². The molecule has 0 fully saturated rings. The molecule has 0 amide bonds. The van der Waals surface area contributed by atoms with Crippen LogP contribution < -0.4 is 0 Å². The van der Waals surface area contributed by atoms with Gasteiger partial charge in [-0.2, -0.15) is 0 Å². The van der Waals surface area contributed by atoms with Gasteiger partial charge in [0, 0.05) is 5.88 Å². The number of halogens is 2. The number of rotatable bonds is 5. The van der Waals surface area contributed by atoms with Gasteiger partial charge in [-0.05, 0) is 29.5 Å². The maximum absolute atomic E-state index is 12.8. The Kier molecular flexibility index (Phi) is 5.10. The van der Waals surface area contributed by atoms with Crippen LogP contribution >= 0.6 is 11.6 Å². The predicted octanol–water partition coefficient (Wildman–Crippen LogP) is 4.58. The topological polar surface area (TPSA) is 0 Å². The molecule has 84 valence electrons. The number of alkyl halides is 1. The zero-order valence-corrected chi connectivity index (χ0v) is 10.1. The number of benzene rings is 1. The van der Waals surface area contributed by atoms with Gasteiger partial charge >= 0.3 is 0 Å². The van der Waals surface area contributed by atoms with Crippen LogP contribution in [0.5, 0.6) is 0 Å². The average Bonchev–Trinajstić information content (AvgIpc) is 2.22. The maximum Gasteiger partial charge on any atom is 0.123 e. The van der Waals surface area contributed by atoms with E-state index in [1.807, 2.05) is 12.1 Å². The van der Waals surface area contributed by atoms with Crippen molar-refractivity contribution in [3.05, 3.63) is 35.6 Å². The summed E-state index contributed by atoms with van der Waals surface area (Å²) in [4.78, 5) is 0. The minimum absolute atomic E-state index is 0.185. The molecule has 15 heavy (non-hydrogen) atoms. The van der Waals surface area contributed by atoms with Crippen molar-refractivity contribution >= 4 is 11.6 Å². The molecule has 0 spiro atoms. The summed E-state index contributed by atoms with van der Waals surface area (Å²) in [5.41, 5.74) is 1.15. The smallest absolute Gasteiger partial charge is 0.123 e. The van der Waals surface area contributed by atoms with Gasteiger partial charge in [-0.3, -0.25) is 0 Å². The van der Waals surface area contributed by atoms with Gasteiger partial charge < -0.3 is 0 Å². The van der Waals surface area contributed by atoms with Crippen molar-refractivity contribution in [1.82, 2.24) is 0 Å². The second-order valence-corrected chi connectivity index (χ2v) is 4.39. The van der Waals surface area contributed by atoms with Crippen LogP contribution in [0.2, 0.25) is 0 Å². The largest absolute Gasteiger partial charge is 0.207 e. The highest BCUT2D eigenvalue weighted by molar-refractivity contribution is 6.18. The Balaban J connectivity index is 2.77. The van der Waals surface area contributed by atoms with Crippen LogP contribution in [0.1, 0.15) is 38.2 Å². The Morgan fingerprint density at radius 2 is 1.87 bits per heavy atom. The first-order chi connectivity index (χ1) is 7.19. The summed E-state index contributed by atoms with van der Waals surface area (Å²) < 4.78 is 12.8. The van der Waals surface area contributed by atoms with Crippen molar-refractivity contribution < 1.29 is 4.39 Å². The van der Waals surface area contributed by atoms with E-state index in [2.05, 4.69) is 13.8 Å². The first kappa shape index (κ1) is 12.5. The molecule has 0 saturated carbocycles. The third-order valence-electron chi connectivity index (χ3n) is 2.90. The molecule has 0 saturated heterocycles. The lowest BCUT2D eigenvalue weighted by atomic mass is 9.86. The summed E-state index contributed by atoms with van der Waals surface area (Å²) in [5.74, 6) is 1.31. The summed E-state index contributed by atoms with van der Waals surface area (Å²) >= 11 is 5.98. The lowest BCUT2D eigenvalue weighted by molar-refractivity contribution is 0.451. The maximum atomic E-state index is 12.8. The lowest BCUT2D eigenvalue weighted by Crippen LogP contribution is -2.11. The highest BCUT2D eigenvalue weighted by atomic mass is 35.5. The van der Waals surface area contributed by atoms with E-state index in [-0.39, 0.29) is 5.82 Å². The number of hydrogen-bond acceptors (Lipinski definition) is 0. The monoisotopic (exact) mass is 228 g/mol. The molecule has 1 rings (SSSR count). The van der Waals surface area contributed by atoms with Gasteiger partial charge in [0.25, 0.3) is 0 Å². The van der Waals surface area contributed by atoms with Crippen molar-refractivity contribution in [2.45, 2.75) is 32.6 Å². The molecule has 2 atom stereocenters. The van der Waals surface area contributed by atoms with E-state index >= 15 is 0 Å². The van der Waals surface area contributed by atoms with Gasteiger partial charge in [0.1, 0.15) is 5.82 Å². The zero-order valence-electron chi connectivity index (χ0n) is 9.34. The van der Waals surface area contributed by atoms with Crippen LogP contribution in [-0.2, 0) is 0 Å². The fourth-order valence-corrected chi connectivity index (χ4v) is 2.42. The minimum atomic E-state index is -0.185. The van der Waals surface area contributed by atoms with E-state index in [9.17, 15) is 4.39 Å². The third kappa shape index (κ3) is 3.49. The van der Waals surface area contributed by atoms with Crippen LogP contribution in [0.4, 0.5) is 4.39 Å². The molecule has 0 heterocycles. The van der Waals surface area contributed by atoms with Gasteiger partial charge in [-0.25, -0.2) is 4.39 Å².